The van der Waals surface area contributed by atoms with Crippen molar-refractivity contribution in [1.29, 1.82) is 0 Å². The van der Waals surface area contributed by atoms with Crippen LogP contribution < -0.4 is 5.73 Å². The van der Waals surface area contributed by atoms with E-state index in [-0.39, 0.29) is 0 Å². The Balaban J connectivity index is 2.53. The number of anilines is 1. The van der Waals surface area contributed by atoms with Crippen molar-refractivity contribution in [3.63, 3.8) is 0 Å². The van der Waals surface area contributed by atoms with Crippen LogP contribution in [-0.4, -0.2) is 14.8 Å². The van der Waals surface area contributed by atoms with Gasteiger partial charge in [-0.1, -0.05) is 0 Å². The summed E-state index contributed by atoms with van der Waals surface area (Å²) in [4.78, 5) is 4.15. The molecule has 4 nitrogen and oxygen atoms in total. The monoisotopic (exact) mass is 238 g/mol. The number of nitrogen functional groups attached to an aromatic ring is 1. The molecule has 0 aliphatic rings. The van der Waals surface area contributed by atoms with Crippen LogP contribution in [0.5, 0.6) is 0 Å². The summed E-state index contributed by atoms with van der Waals surface area (Å²) in [6, 6.07) is 3.63. The first-order chi connectivity index (χ1) is 6.27. The fourth-order valence-electron chi connectivity index (χ4n) is 1.01. The third-order valence-corrected chi connectivity index (χ3v) is 2.15. The zero-order valence-electron chi connectivity index (χ0n) is 6.68. The van der Waals surface area contributed by atoms with E-state index >= 15 is 0 Å². The molecule has 2 heterocycles. The second-order valence-electron chi connectivity index (χ2n) is 2.52. The van der Waals surface area contributed by atoms with Crippen molar-refractivity contribution in [3.05, 3.63) is 35.2 Å². The van der Waals surface area contributed by atoms with Crippen LogP contribution in [0.2, 0.25) is 0 Å². The van der Waals surface area contributed by atoms with Crippen LogP contribution in [0.15, 0.2) is 35.2 Å². The van der Waals surface area contributed by atoms with Gasteiger partial charge in [-0.25, -0.2) is 9.67 Å². The number of hydrogen-bond acceptors (Lipinski definition) is 3. The summed E-state index contributed by atoms with van der Waals surface area (Å²) in [6.07, 6.45) is 5.12. The SMILES string of the molecule is Nc1cnc(-n2cccn2)c(Br)c1. The molecule has 2 N–H and O–H groups in total. The molecule has 0 spiro atoms. The van der Waals surface area contributed by atoms with Crippen LogP contribution in [-0.2, 0) is 0 Å². The first-order valence-corrected chi connectivity index (χ1v) is 4.48. The average Bonchev–Trinajstić information content (AvgIpc) is 2.56. The maximum atomic E-state index is 5.56. The van der Waals surface area contributed by atoms with Crippen molar-refractivity contribution in [3.8, 4) is 5.82 Å². The Morgan fingerprint density at radius 2 is 2.31 bits per heavy atom. The lowest BCUT2D eigenvalue weighted by atomic mass is 10.4. The Labute approximate surface area is 83.5 Å². The minimum Gasteiger partial charge on any atom is -0.397 e. The predicted octanol–water partition coefficient (Wildman–Crippen LogP) is 1.61. The number of pyridine rings is 1. The van der Waals surface area contributed by atoms with Gasteiger partial charge in [-0.3, -0.25) is 0 Å². The molecule has 0 saturated carbocycles. The van der Waals surface area contributed by atoms with E-state index in [0.717, 1.165) is 10.3 Å². The number of nitrogens with two attached hydrogens (primary N) is 1. The molecule has 0 atom stereocenters. The molecule has 5 heteroatoms. The maximum absolute atomic E-state index is 5.56. The molecule has 0 unspecified atom stereocenters. The van der Waals surface area contributed by atoms with Gasteiger partial charge in [0.25, 0.3) is 0 Å². The van der Waals surface area contributed by atoms with Crippen molar-refractivity contribution in [2.75, 3.05) is 5.73 Å². The molecule has 66 valence electrons. The molecule has 0 amide bonds. The van der Waals surface area contributed by atoms with E-state index in [1.54, 1.807) is 23.1 Å². The molecule has 2 aromatic rings. The van der Waals surface area contributed by atoms with E-state index in [9.17, 15) is 0 Å². The summed E-state index contributed by atoms with van der Waals surface area (Å²) >= 11 is 3.37. The largest absolute Gasteiger partial charge is 0.397 e. The highest BCUT2D eigenvalue weighted by Gasteiger charge is 2.03. The van der Waals surface area contributed by atoms with Gasteiger partial charge in [0.1, 0.15) is 0 Å². The molecule has 0 radical (unpaired) electrons. The average molecular weight is 239 g/mol. The van der Waals surface area contributed by atoms with E-state index < -0.39 is 0 Å². The molecular weight excluding hydrogens is 232 g/mol. The summed E-state index contributed by atoms with van der Waals surface area (Å²) in [7, 11) is 0. The normalized spacial score (nSPS) is 10.2. The van der Waals surface area contributed by atoms with Gasteiger partial charge in [-0.15, -0.1) is 0 Å². The number of halogens is 1. The van der Waals surface area contributed by atoms with Crippen molar-refractivity contribution < 1.29 is 0 Å². The highest BCUT2D eigenvalue weighted by molar-refractivity contribution is 9.10. The number of rotatable bonds is 1. The van der Waals surface area contributed by atoms with Gasteiger partial charge in [0.15, 0.2) is 5.82 Å². The molecular formula is C8H7BrN4. The summed E-state index contributed by atoms with van der Waals surface area (Å²) < 4.78 is 2.50. The van der Waals surface area contributed by atoms with Crippen molar-refractivity contribution >= 4 is 21.6 Å². The summed E-state index contributed by atoms with van der Waals surface area (Å²) in [6.45, 7) is 0. The molecule has 0 aliphatic carbocycles. The minimum atomic E-state index is 0.628. The van der Waals surface area contributed by atoms with Crippen LogP contribution in [0.4, 0.5) is 5.69 Å². The molecule has 0 aromatic carbocycles. The maximum Gasteiger partial charge on any atom is 0.167 e. The van der Waals surface area contributed by atoms with Crippen molar-refractivity contribution in [2.24, 2.45) is 0 Å². The Morgan fingerprint density at radius 3 is 2.92 bits per heavy atom. The van der Waals surface area contributed by atoms with Crippen LogP contribution in [0.25, 0.3) is 5.82 Å². The molecule has 2 aromatic heterocycles. The van der Waals surface area contributed by atoms with Gasteiger partial charge in [0.05, 0.1) is 16.4 Å². The first kappa shape index (κ1) is 8.25. The predicted molar refractivity (Wildman–Crippen MR) is 53.5 cm³/mol. The van der Waals surface area contributed by atoms with Crippen LogP contribution >= 0.6 is 15.9 Å². The van der Waals surface area contributed by atoms with E-state index in [0.29, 0.717) is 5.69 Å². The highest BCUT2D eigenvalue weighted by Crippen LogP contribution is 2.19. The van der Waals surface area contributed by atoms with E-state index in [4.69, 9.17) is 5.73 Å². The van der Waals surface area contributed by atoms with Gasteiger partial charge >= 0.3 is 0 Å². The fourth-order valence-corrected chi connectivity index (χ4v) is 1.56. The Morgan fingerprint density at radius 1 is 1.46 bits per heavy atom. The lowest BCUT2D eigenvalue weighted by Gasteiger charge is -2.03. The zero-order chi connectivity index (χ0) is 9.26. The van der Waals surface area contributed by atoms with Gasteiger partial charge in [-0.05, 0) is 28.1 Å². The van der Waals surface area contributed by atoms with Crippen LogP contribution in [0.1, 0.15) is 0 Å². The molecule has 0 bridgehead atoms. The molecule has 0 fully saturated rings. The number of nitrogens with zero attached hydrogens (tertiary/aromatic N) is 3. The summed E-state index contributed by atoms with van der Waals surface area (Å²) in [5.74, 6) is 0.735. The minimum absolute atomic E-state index is 0.628. The fraction of sp³-hybridized carbons (Fsp3) is 0. The van der Waals surface area contributed by atoms with Gasteiger partial charge in [-0.2, -0.15) is 5.10 Å². The second-order valence-corrected chi connectivity index (χ2v) is 3.38. The lowest BCUT2D eigenvalue weighted by Crippen LogP contribution is -1.99. The lowest BCUT2D eigenvalue weighted by molar-refractivity contribution is 0.842. The standard InChI is InChI=1S/C8H7BrN4/c9-7-4-6(10)5-11-8(7)13-3-1-2-12-13/h1-5H,10H2. The Hall–Kier alpha value is -1.36. The number of hydrogen-bond donors (Lipinski definition) is 1. The van der Waals surface area contributed by atoms with E-state index in [1.165, 1.54) is 0 Å². The molecule has 0 saturated heterocycles. The smallest absolute Gasteiger partial charge is 0.167 e. The van der Waals surface area contributed by atoms with Crippen LogP contribution in [0.3, 0.4) is 0 Å². The van der Waals surface area contributed by atoms with Gasteiger partial charge < -0.3 is 5.73 Å². The Kier molecular flexibility index (Phi) is 2.02. The Bertz CT molecular complexity index is 410. The van der Waals surface area contributed by atoms with Gasteiger partial charge in [0.2, 0.25) is 0 Å². The topological polar surface area (TPSA) is 56.7 Å². The highest BCUT2D eigenvalue weighted by atomic mass is 79.9. The molecule has 0 aliphatic heterocycles. The number of aromatic nitrogens is 3. The third kappa shape index (κ3) is 1.55. The molecule has 13 heavy (non-hydrogen) atoms. The van der Waals surface area contributed by atoms with Crippen molar-refractivity contribution in [2.45, 2.75) is 0 Å². The summed E-state index contributed by atoms with van der Waals surface area (Å²) in [5.41, 5.74) is 6.19. The van der Waals surface area contributed by atoms with E-state index in [1.807, 2.05) is 12.3 Å². The van der Waals surface area contributed by atoms with E-state index in [2.05, 4.69) is 26.0 Å². The second kappa shape index (κ2) is 3.18. The quantitative estimate of drug-likeness (QED) is 0.822. The van der Waals surface area contributed by atoms with Gasteiger partial charge in [0, 0.05) is 12.4 Å². The third-order valence-electron chi connectivity index (χ3n) is 1.56. The summed E-state index contributed by atoms with van der Waals surface area (Å²) in [5, 5.41) is 4.06. The first-order valence-electron chi connectivity index (χ1n) is 3.68. The van der Waals surface area contributed by atoms with Crippen LogP contribution in [0, 0.1) is 0 Å². The zero-order valence-corrected chi connectivity index (χ0v) is 8.27. The molecule has 2 rings (SSSR count). The van der Waals surface area contributed by atoms with Crippen molar-refractivity contribution in [1.82, 2.24) is 14.8 Å².